The van der Waals surface area contributed by atoms with Gasteiger partial charge in [-0.05, 0) is 18.6 Å². The normalized spacial score (nSPS) is 22.6. The van der Waals surface area contributed by atoms with E-state index in [4.69, 9.17) is 0 Å². The summed E-state index contributed by atoms with van der Waals surface area (Å²) in [4.78, 5) is 16.2. The molecule has 2 atom stereocenters. The number of fused-ring (bicyclic) bond motifs is 1. The van der Waals surface area contributed by atoms with Crippen LogP contribution in [-0.2, 0) is 4.79 Å². The van der Waals surface area contributed by atoms with Crippen LogP contribution < -0.4 is 0 Å². The Bertz CT molecular complexity index is 581. The summed E-state index contributed by atoms with van der Waals surface area (Å²) in [6.45, 7) is 0. The van der Waals surface area contributed by atoms with Gasteiger partial charge < -0.3 is 0 Å². The molecule has 0 N–H and O–H groups in total. The van der Waals surface area contributed by atoms with E-state index in [9.17, 15) is 4.79 Å². The van der Waals surface area contributed by atoms with Crippen molar-refractivity contribution in [2.24, 2.45) is 5.92 Å². The predicted molar refractivity (Wildman–Crippen MR) is 71.4 cm³/mol. The number of halogens is 1. The van der Waals surface area contributed by atoms with Crippen LogP contribution in [0.4, 0.5) is 0 Å². The van der Waals surface area contributed by atoms with Gasteiger partial charge in [-0.25, -0.2) is 0 Å². The zero-order valence-corrected chi connectivity index (χ0v) is 10.9. The number of benzene rings is 1. The number of para-hydroxylation sites is 1. The van der Waals surface area contributed by atoms with Gasteiger partial charge in [0.2, 0.25) is 0 Å². The van der Waals surface area contributed by atoms with Gasteiger partial charge in [-0.1, -0.05) is 40.2 Å². The number of carbonyl (C=O) groups excluding carboxylic acids is 1. The standard InChI is InChI=1S/C14H12BrNO/c15-8-14(17)11-7-10(11)13-6-5-9-3-1-2-4-12(9)16-13/h1-6,10-11H,7-8H2/t10?,11-/m1/s1. The van der Waals surface area contributed by atoms with Crippen LogP contribution in [0.25, 0.3) is 10.9 Å². The van der Waals surface area contributed by atoms with Gasteiger partial charge in [0.1, 0.15) is 5.78 Å². The number of hydrogen-bond donors (Lipinski definition) is 0. The van der Waals surface area contributed by atoms with Crippen molar-refractivity contribution in [3.8, 4) is 0 Å². The van der Waals surface area contributed by atoms with Crippen molar-refractivity contribution in [1.82, 2.24) is 4.98 Å². The molecule has 3 heteroatoms. The number of ketones is 1. The van der Waals surface area contributed by atoms with Crippen LogP contribution in [-0.4, -0.2) is 16.1 Å². The molecule has 17 heavy (non-hydrogen) atoms. The molecule has 1 aromatic carbocycles. The number of rotatable bonds is 3. The molecule has 0 amide bonds. The molecule has 0 spiro atoms. The average Bonchev–Trinajstić information content (AvgIpc) is 3.17. The molecule has 1 saturated carbocycles. The Morgan fingerprint density at radius 3 is 2.94 bits per heavy atom. The highest BCUT2D eigenvalue weighted by Gasteiger charge is 2.43. The number of carbonyl (C=O) groups is 1. The maximum absolute atomic E-state index is 11.5. The van der Waals surface area contributed by atoms with Crippen LogP contribution in [0, 0.1) is 5.92 Å². The average molecular weight is 290 g/mol. The van der Waals surface area contributed by atoms with Crippen molar-refractivity contribution in [3.05, 3.63) is 42.1 Å². The van der Waals surface area contributed by atoms with Crippen LogP contribution in [0.15, 0.2) is 36.4 Å². The van der Waals surface area contributed by atoms with Gasteiger partial charge in [-0.2, -0.15) is 0 Å². The van der Waals surface area contributed by atoms with Gasteiger partial charge in [0, 0.05) is 22.9 Å². The highest BCUT2D eigenvalue weighted by atomic mass is 79.9. The SMILES string of the molecule is O=C(CBr)[C@@H]1CC1c1ccc2ccccc2n1. The predicted octanol–water partition coefficient (Wildman–Crippen LogP) is 3.30. The molecule has 3 rings (SSSR count). The first-order chi connectivity index (χ1) is 8.29. The third-order valence-corrected chi connectivity index (χ3v) is 3.89. The Hall–Kier alpha value is -1.22. The van der Waals surface area contributed by atoms with Crippen molar-refractivity contribution in [2.75, 3.05) is 5.33 Å². The van der Waals surface area contributed by atoms with E-state index in [0.717, 1.165) is 23.0 Å². The molecule has 2 aromatic rings. The Balaban J connectivity index is 1.90. The van der Waals surface area contributed by atoms with Crippen molar-refractivity contribution in [3.63, 3.8) is 0 Å². The summed E-state index contributed by atoms with van der Waals surface area (Å²) in [6, 6.07) is 12.2. The fourth-order valence-corrected chi connectivity index (χ4v) is 2.68. The molecular weight excluding hydrogens is 278 g/mol. The van der Waals surface area contributed by atoms with Gasteiger partial charge in [0.25, 0.3) is 0 Å². The summed E-state index contributed by atoms with van der Waals surface area (Å²) >= 11 is 3.23. The lowest BCUT2D eigenvalue weighted by molar-refractivity contribution is -0.117. The van der Waals surface area contributed by atoms with Gasteiger partial charge in [-0.15, -0.1) is 0 Å². The summed E-state index contributed by atoms with van der Waals surface area (Å²) in [7, 11) is 0. The molecule has 2 nitrogen and oxygen atoms in total. The number of Topliss-reactive ketones (excluding diaryl/α,β-unsaturated/α-hetero) is 1. The third kappa shape index (κ3) is 2.00. The van der Waals surface area contributed by atoms with Crippen LogP contribution >= 0.6 is 15.9 Å². The first-order valence-corrected chi connectivity index (χ1v) is 6.86. The zero-order chi connectivity index (χ0) is 11.8. The zero-order valence-electron chi connectivity index (χ0n) is 9.27. The van der Waals surface area contributed by atoms with Gasteiger partial charge in [0.05, 0.1) is 10.8 Å². The molecule has 86 valence electrons. The van der Waals surface area contributed by atoms with Gasteiger partial charge >= 0.3 is 0 Å². The topological polar surface area (TPSA) is 30.0 Å². The summed E-state index contributed by atoms with van der Waals surface area (Å²) in [5, 5.41) is 1.61. The molecule has 1 heterocycles. The van der Waals surface area contributed by atoms with E-state index >= 15 is 0 Å². The number of alkyl halides is 1. The Labute approximate surface area is 108 Å². The molecular formula is C14H12BrNO. The minimum Gasteiger partial charge on any atom is -0.298 e. The van der Waals surface area contributed by atoms with Gasteiger partial charge in [-0.3, -0.25) is 9.78 Å². The molecule has 0 saturated heterocycles. The first-order valence-electron chi connectivity index (χ1n) is 5.74. The Kier molecular flexibility index (Phi) is 2.71. The molecule has 1 aliphatic carbocycles. The molecule has 1 aromatic heterocycles. The van der Waals surface area contributed by atoms with E-state index in [-0.39, 0.29) is 5.92 Å². The van der Waals surface area contributed by atoms with Crippen molar-refractivity contribution in [1.29, 1.82) is 0 Å². The second-order valence-electron chi connectivity index (χ2n) is 4.48. The Morgan fingerprint density at radius 1 is 1.29 bits per heavy atom. The number of aromatic nitrogens is 1. The van der Waals surface area contributed by atoms with E-state index in [1.807, 2.05) is 18.2 Å². The maximum Gasteiger partial charge on any atom is 0.147 e. The van der Waals surface area contributed by atoms with Crippen molar-refractivity contribution >= 4 is 32.6 Å². The molecule has 0 bridgehead atoms. The molecule has 1 fully saturated rings. The molecule has 0 radical (unpaired) electrons. The van der Waals surface area contributed by atoms with Crippen LogP contribution in [0.5, 0.6) is 0 Å². The minimum absolute atomic E-state index is 0.183. The first kappa shape index (κ1) is 10.9. The monoisotopic (exact) mass is 289 g/mol. The molecule has 0 aliphatic heterocycles. The van der Waals surface area contributed by atoms with Crippen LogP contribution in [0.1, 0.15) is 18.0 Å². The highest BCUT2D eigenvalue weighted by molar-refractivity contribution is 9.09. The lowest BCUT2D eigenvalue weighted by Crippen LogP contribution is -2.03. The third-order valence-electron chi connectivity index (χ3n) is 3.34. The number of nitrogens with zero attached hydrogens (tertiary/aromatic N) is 1. The summed E-state index contributed by atoms with van der Waals surface area (Å²) in [6.07, 6.45) is 0.954. The van der Waals surface area contributed by atoms with E-state index in [0.29, 0.717) is 17.0 Å². The molecule has 1 aliphatic rings. The summed E-state index contributed by atoms with van der Waals surface area (Å²) in [5.74, 6) is 0.817. The fraction of sp³-hybridized carbons (Fsp3) is 0.286. The van der Waals surface area contributed by atoms with Crippen molar-refractivity contribution in [2.45, 2.75) is 12.3 Å². The minimum atomic E-state index is 0.183. The second kappa shape index (κ2) is 4.22. The number of hydrogen-bond acceptors (Lipinski definition) is 2. The van der Waals surface area contributed by atoms with Crippen molar-refractivity contribution < 1.29 is 4.79 Å². The lowest BCUT2D eigenvalue weighted by Gasteiger charge is -2.01. The highest BCUT2D eigenvalue weighted by Crippen LogP contribution is 2.47. The molecule has 1 unspecified atom stereocenters. The summed E-state index contributed by atoms with van der Waals surface area (Å²) in [5.41, 5.74) is 2.07. The largest absolute Gasteiger partial charge is 0.298 e. The van der Waals surface area contributed by atoms with Crippen LogP contribution in [0.2, 0.25) is 0 Å². The number of pyridine rings is 1. The van der Waals surface area contributed by atoms with E-state index in [1.165, 1.54) is 0 Å². The second-order valence-corrected chi connectivity index (χ2v) is 5.04. The summed E-state index contributed by atoms with van der Waals surface area (Å²) < 4.78 is 0. The fourth-order valence-electron chi connectivity index (χ4n) is 2.27. The maximum atomic E-state index is 11.5. The van der Waals surface area contributed by atoms with E-state index < -0.39 is 0 Å². The lowest BCUT2D eigenvalue weighted by atomic mass is 10.1. The van der Waals surface area contributed by atoms with E-state index in [2.05, 4.69) is 39.1 Å². The van der Waals surface area contributed by atoms with Crippen LogP contribution in [0.3, 0.4) is 0 Å². The van der Waals surface area contributed by atoms with E-state index in [1.54, 1.807) is 0 Å². The Morgan fingerprint density at radius 2 is 2.12 bits per heavy atom. The van der Waals surface area contributed by atoms with Gasteiger partial charge in [0.15, 0.2) is 0 Å². The quantitative estimate of drug-likeness (QED) is 0.812. The smallest absolute Gasteiger partial charge is 0.147 e.